The Morgan fingerprint density at radius 2 is 1.96 bits per heavy atom. The van der Waals surface area contributed by atoms with Crippen molar-refractivity contribution in [1.82, 2.24) is 9.80 Å². The van der Waals surface area contributed by atoms with Gasteiger partial charge in [0.05, 0.1) is 18.8 Å². The molecule has 4 rings (SSSR count). The number of carboxylic acid groups (broad SMARTS) is 1. The van der Waals surface area contributed by atoms with E-state index >= 15 is 0 Å². The Morgan fingerprint density at radius 1 is 1.17 bits per heavy atom. The van der Waals surface area contributed by atoms with E-state index in [9.17, 15) is 4.79 Å². The van der Waals surface area contributed by atoms with E-state index in [1.54, 1.807) is 12.1 Å². The van der Waals surface area contributed by atoms with Gasteiger partial charge in [-0.2, -0.15) is 0 Å². The zero-order valence-electron chi connectivity index (χ0n) is 13.4. The molecule has 1 aromatic rings. The number of ether oxygens (including phenoxy) is 1. The second-order valence-corrected chi connectivity index (χ2v) is 7.07. The summed E-state index contributed by atoms with van der Waals surface area (Å²) in [7, 11) is 0. The zero-order valence-corrected chi connectivity index (χ0v) is 13.4. The minimum absolute atomic E-state index is 0.353. The van der Waals surface area contributed by atoms with Gasteiger partial charge >= 0.3 is 5.97 Å². The van der Waals surface area contributed by atoms with Crippen LogP contribution in [0.1, 0.15) is 28.8 Å². The van der Waals surface area contributed by atoms with Gasteiger partial charge in [-0.15, -0.1) is 0 Å². The molecule has 2 saturated heterocycles. The maximum Gasteiger partial charge on any atom is 0.335 e. The summed E-state index contributed by atoms with van der Waals surface area (Å²) < 4.78 is 5.86. The summed E-state index contributed by atoms with van der Waals surface area (Å²) in [5.74, 6) is 0.00329. The lowest BCUT2D eigenvalue weighted by Crippen LogP contribution is -2.62. The van der Waals surface area contributed by atoms with Crippen molar-refractivity contribution in [3.63, 3.8) is 0 Å². The molecule has 0 aromatic heterocycles. The maximum absolute atomic E-state index is 10.9. The fourth-order valence-electron chi connectivity index (χ4n) is 3.98. The minimum atomic E-state index is -0.865. The lowest BCUT2D eigenvalue weighted by molar-refractivity contribution is -0.0880. The number of benzene rings is 1. The van der Waals surface area contributed by atoms with E-state index < -0.39 is 5.97 Å². The molecule has 5 heteroatoms. The molecule has 0 unspecified atom stereocenters. The lowest BCUT2D eigenvalue weighted by atomic mass is 10.0. The van der Waals surface area contributed by atoms with Crippen LogP contribution in [0.5, 0.6) is 0 Å². The third-order valence-corrected chi connectivity index (χ3v) is 5.41. The smallest absolute Gasteiger partial charge is 0.335 e. The van der Waals surface area contributed by atoms with Gasteiger partial charge in [0, 0.05) is 38.3 Å². The largest absolute Gasteiger partial charge is 0.478 e. The van der Waals surface area contributed by atoms with Gasteiger partial charge in [0.15, 0.2) is 0 Å². The molecule has 0 spiro atoms. The highest BCUT2D eigenvalue weighted by Gasteiger charge is 2.42. The van der Waals surface area contributed by atoms with E-state index in [1.807, 2.05) is 12.1 Å². The molecule has 1 aliphatic carbocycles. The van der Waals surface area contributed by atoms with Gasteiger partial charge < -0.3 is 9.84 Å². The topological polar surface area (TPSA) is 53.0 Å². The number of aromatic carboxylic acids is 1. The molecule has 1 saturated carbocycles. The Kier molecular flexibility index (Phi) is 4.09. The van der Waals surface area contributed by atoms with Crippen LogP contribution in [0.15, 0.2) is 24.3 Å². The Labute approximate surface area is 136 Å². The number of rotatable bonds is 4. The summed E-state index contributed by atoms with van der Waals surface area (Å²) in [6.45, 7) is 5.90. The van der Waals surface area contributed by atoms with Crippen molar-refractivity contribution in [2.24, 2.45) is 5.92 Å². The van der Waals surface area contributed by atoms with E-state index in [4.69, 9.17) is 9.84 Å². The van der Waals surface area contributed by atoms with Gasteiger partial charge in [-0.3, -0.25) is 9.80 Å². The van der Waals surface area contributed by atoms with Crippen molar-refractivity contribution < 1.29 is 14.6 Å². The number of hydrogen-bond donors (Lipinski definition) is 1. The first kappa shape index (κ1) is 15.1. The van der Waals surface area contributed by atoms with E-state index in [-0.39, 0.29) is 0 Å². The van der Waals surface area contributed by atoms with Crippen molar-refractivity contribution >= 4 is 5.97 Å². The van der Waals surface area contributed by atoms with Crippen molar-refractivity contribution in [3.05, 3.63) is 35.4 Å². The van der Waals surface area contributed by atoms with Gasteiger partial charge in [-0.05, 0) is 36.5 Å². The SMILES string of the molecule is O=C(O)c1ccc(CN2CCN3[C@@H](COC[C@@H]3C3CC3)C2)cc1. The maximum atomic E-state index is 10.9. The van der Waals surface area contributed by atoms with Gasteiger partial charge in [0.25, 0.3) is 0 Å². The van der Waals surface area contributed by atoms with E-state index in [1.165, 1.54) is 18.4 Å². The normalized spacial score (nSPS) is 29.2. The van der Waals surface area contributed by atoms with Gasteiger partial charge in [-0.25, -0.2) is 4.79 Å². The fourth-order valence-corrected chi connectivity index (χ4v) is 3.98. The molecule has 2 heterocycles. The molecule has 0 amide bonds. The van der Waals surface area contributed by atoms with Gasteiger partial charge in [-0.1, -0.05) is 12.1 Å². The number of carboxylic acids is 1. The lowest BCUT2D eigenvalue weighted by Gasteiger charge is -2.48. The average molecular weight is 316 g/mol. The summed E-state index contributed by atoms with van der Waals surface area (Å²) in [5, 5.41) is 8.97. The molecule has 2 aliphatic heterocycles. The highest BCUT2D eigenvalue weighted by atomic mass is 16.5. The molecule has 1 aromatic carbocycles. The number of morpholine rings is 1. The molecular formula is C18H24N2O3. The van der Waals surface area contributed by atoms with Crippen molar-refractivity contribution in [1.29, 1.82) is 0 Å². The van der Waals surface area contributed by atoms with Crippen LogP contribution in [0, 0.1) is 5.92 Å². The van der Waals surface area contributed by atoms with Gasteiger partial charge in [0.1, 0.15) is 0 Å². The molecule has 0 radical (unpaired) electrons. The Bertz CT molecular complexity index is 570. The highest BCUT2D eigenvalue weighted by Crippen LogP contribution is 2.38. The number of fused-ring (bicyclic) bond motifs is 1. The van der Waals surface area contributed by atoms with E-state index in [0.717, 1.165) is 45.3 Å². The number of carbonyl (C=O) groups is 1. The number of hydrogen-bond acceptors (Lipinski definition) is 4. The minimum Gasteiger partial charge on any atom is -0.478 e. The third kappa shape index (κ3) is 3.27. The van der Waals surface area contributed by atoms with Crippen LogP contribution in [0.4, 0.5) is 0 Å². The van der Waals surface area contributed by atoms with Crippen LogP contribution >= 0.6 is 0 Å². The van der Waals surface area contributed by atoms with Crippen LogP contribution < -0.4 is 0 Å². The Hall–Kier alpha value is -1.43. The Balaban J connectivity index is 1.37. The molecule has 2 atom stereocenters. The molecule has 0 bridgehead atoms. The van der Waals surface area contributed by atoms with Crippen LogP contribution in [0.3, 0.4) is 0 Å². The Morgan fingerprint density at radius 3 is 2.65 bits per heavy atom. The second kappa shape index (κ2) is 6.23. The molecule has 1 N–H and O–H groups in total. The standard InChI is InChI=1S/C18H24N2O3/c21-18(22)15-3-1-13(2-4-15)9-19-7-8-20-16(10-19)11-23-12-17(20)14-5-6-14/h1-4,14,16-17H,5-12H2,(H,21,22)/t16-,17-/m1/s1. The quantitative estimate of drug-likeness (QED) is 0.916. The van der Waals surface area contributed by atoms with Crippen molar-refractivity contribution in [2.75, 3.05) is 32.8 Å². The van der Waals surface area contributed by atoms with Crippen LogP contribution in [0.25, 0.3) is 0 Å². The first-order valence-electron chi connectivity index (χ1n) is 8.59. The first-order chi connectivity index (χ1) is 11.2. The molecule has 5 nitrogen and oxygen atoms in total. The first-order valence-corrected chi connectivity index (χ1v) is 8.59. The monoisotopic (exact) mass is 316 g/mol. The van der Waals surface area contributed by atoms with Crippen molar-refractivity contribution in [2.45, 2.75) is 31.5 Å². The molecule has 124 valence electrons. The summed E-state index contributed by atoms with van der Waals surface area (Å²) in [6.07, 6.45) is 2.74. The predicted molar refractivity (Wildman–Crippen MR) is 86.5 cm³/mol. The van der Waals surface area contributed by atoms with Gasteiger partial charge in [0.2, 0.25) is 0 Å². The summed E-state index contributed by atoms with van der Waals surface area (Å²) in [6, 6.07) is 8.41. The zero-order chi connectivity index (χ0) is 15.8. The molecule has 3 fully saturated rings. The number of nitrogens with zero attached hydrogens (tertiary/aromatic N) is 2. The molecule has 3 aliphatic rings. The van der Waals surface area contributed by atoms with Crippen molar-refractivity contribution in [3.8, 4) is 0 Å². The second-order valence-electron chi connectivity index (χ2n) is 7.07. The summed E-state index contributed by atoms with van der Waals surface area (Å²) in [5.41, 5.74) is 1.53. The fraction of sp³-hybridized carbons (Fsp3) is 0.611. The van der Waals surface area contributed by atoms with E-state index in [0.29, 0.717) is 17.6 Å². The molecule has 23 heavy (non-hydrogen) atoms. The van der Waals surface area contributed by atoms with Crippen LogP contribution in [-0.2, 0) is 11.3 Å². The number of piperazine rings is 1. The highest BCUT2D eigenvalue weighted by molar-refractivity contribution is 5.87. The summed E-state index contributed by atoms with van der Waals surface area (Å²) in [4.78, 5) is 16.1. The third-order valence-electron chi connectivity index (χ3n) is 5.41. The predicted octanol–water partition coefficient (Wildman–Crippen LogP) is 1.68. The van der Waals surface area contributed by atoms with E-state index in [2.05, 4.69) is 9.80 Å². The van der Waals surface area contributed by atoms with Crippen LogP contribution in [0.2, 0.25) is 0 Å². The summed E-state index contributed by atoms with van der Waals surface area (Å²) >= 11 is 0. The molecular weight excluding hydrogens is 292 g/mol. The average Bonchev–Trinajstić information content (AvgIpc) is 3.39. The van der Waals surface area contributed by atoms with Crippen LogP contribution in [-0.4, -0.2) is 65.8 Å².